The lowest BCUT2D eigenvalue weighted by molar-refractivity contribution is -0.150. The van der Waals surface area contributed by atoms with Crippen molar-refractivity contribution in [3.8, 4) is 0 Å². The molecule has 2 amide bonds. The molecule has 4 atom stereocenters. The largest absolute Gasteiger partial charge is 0.394 e. The number of rotatable bonds is 5. The van der Waals surface area contributed by atoms with E-state index in [2.05, 4.69) is 0 Å². The van der Waals surface area contributed by atoms with Crippen molar-refractivity contribution in [1.29, 1.82) is 0 Å². The highest BCUT2D eigenvalue weighted by Crippen LogP contribution is 2.05. The molecule has 0 aromatic heterocycles. The Morgan fingerprint density at radius 1 is 1.05 bits per heavy atom. The van der Waals surface area contributed by atoms with Crippen molar-refractivity contribution in [2.24, 2.45) is 0 Å². The highest BCUT2D eigenvalue weighted by atomic mass is 32.3. The van der Waals surface area contributed by atoms with Crippen molar-refractivity contribution in [2.75, 3.05) is 6.61 Å². The first-order chi connectivity index (χ1) is 9.31. The molecule has 12 nitrogen and oxygen atoms in total. The normalized spacial score (nSPS) is 16.8. The van der Waals surface area contributed by atoms with Gasteiger partial charge < -0.3 is 25.5 Å². The van der Waals surface area contributed by atoms with Crippen LogP contribution in [0, 0.1) is 0 Å². The predicted octanol–water partition coefficient (Wildman–Crippen LogP) is -4.57. The predicted molar refractivity (Wildman–Crippen MR) is 64.1 cm³/mol. The summed E-state index contributed by atoms with van der Waals surface area (Å²) in [6.45, 7) is 0.176. The van der Waals surface area contributed by atoms with Crippen molar-refractivity contribution >= 4 is 22.2 Å². The Morgan fingerprint density at radius 3 is 1.71 bits per heavy atom. The second-order valence-corrected chi connectivity index (χ2v) is 4.56. The summed E-state index contributed by atoms with van der Waals surface area (Å²) in [5.41, 5.74) is 0. The summed E-state index contributed by atoms with van der Waals surface area (Å²) in [5.74, 6) is -1.95. The van der Waals surface area contributed by atoms with Crippen LogP contribution >= 0.6 is 0 Å². The lowest BCUT2D eigenvalue weighted by atomic mass is 10.0. The maximum atomic E-state index is 11.0. The highest BCUT2D eigenvalue weighted by molar-refractivity contribution is 7.79. The molecule has 8 N–H and O–H groups in total. The van der Waals surface area contributed by atoms with Crippen LogP contribution in [0.15, 0.2) is 0 Å². The topological polar surface area (TPSA) is 222 Å². The summed E-state index contributed by atoms with van der Waals surface area (Å²) in [6.07, 6.45) is -7.70. The van der Waals surface area contributed by atoms with E-state index in [1.165, 1.54) is 0 Å². The van der Waals surface area contributed by atoms with E-state index in [0.717, 1.165) is 6.92 Å². The van der Waals surface area contributed by atoms with Gasteiger partial charge in [0, 0.05) is 6.92 Å². The minimum Gasteiger partial charge on any atom is -0.394 e. The molecule has 0 bridgehead atoms. The molecule has 0 heterocycles. The Balaban J connectivity index is 0. The SMILES string of the molecule is CC(=O)NC(=O)[C@H](O)[C@@H](O)[C@H](O)[C@H](O)CO.O=S(=O)(O)O. The number of nitrogens with one attached hydrogen (secondary N) is 1. The van der Waals surface area contributed by atoms with Gasteiger partial charge in [0.05, 0.1) is 6.61 Å². The molecule has 126 valence electrons. The van der Waals surface area contributed by atoms with Crippen LogP contribution in [-0.4, -0.2) is 85.9 Å². The number of hydrogen-bond acceptors (Lipinski definition) is 9. The Hall–Kier alpha value is -1.19. The molecule has 0 aliphatic carbocycles. The third-order valence-electron chi connectivity index (χ3n) is 1.82. The van der Waals surface area contributed by atoms with E-state index in [4.69, 9.17) is 32.8 Å². The molecule has 0 aliphatic rings. The van der Waals surface area contributed by atoms with Crippen LogP contribution in [0.1, 0.15) is 6.92 Å². The molecule has 0 spiro atoms. The molecule has 0 unspecified atom stereocenters. The van der Waals surface area contributed by atoms with Gasteiger partial charge in [0.15, 0.2) is 6.10 Å². The smallest absolute Gasteiger partial charge is 0.394 e. The number of hydrogen-bond donors (Lipinski definition) is 8. The molecular formula is C8H17NO11S. The average molecular weight is 335 g/mol. The summed E-state index contributed by atoms with van der Waals surface area (Å²) in [4.78, 5) is 21.5. The third-order valence-corrected chi connectivity index (χ3v) is 1.82. The van der Waals surface area contributed by atoms with Crippen LogP contribution < -0.4 is 5.32 Å². The summed E-state index contributed by atoms with van der Waals surface area (Å²) in [6, 6.07) is 0. The Morgan fingerprint density at radius 2 is 1.43 bits per heavy atom. The third kappa shape index (κ3) is 12.3. The van der Waals surface area contributed by atoms with Crippen LogP contribution in [0.5, 0.6) is 0 Å². The van der Waals surface area contributed by atoms with Crippen LogP contribution in [0.2, 0.25) is 0 Å². The minimum atomic E-state index is -4.67. The summed E-state index contributed by atoms with van der Waals surface area (Å²) < 4.78 is 31.6. The molecule has 0 fully saturated rings. The van der Waals surface area contributed by atoms with Crippen molar-refractivity contribution < 1.29 is 52.6 Å². The fourth-order valence-electron chi connectivity index (χ4n) is 0.925. The van der Waals surface area contributed by atoms with Gasteiger partial charge in [0.2, 0.25) is 5.91 Å². The molecule has 21 heavy (non-hydrogen) atoms. The van der Waals surface area contributed by atoms with Crippen molar-refractivity contribution in [3.63, 3.8) is 0 Å². The second kappa shape index (κ2) is 9.69. The van der Waals surface area contributed by atoms with E-state index in [0.29, 0.717) is 0 Å². The molecule has 0 aliphatic heterocycles. The summed E-state index contributed by atoms with van der Waals surface area (Å²) in [7, 11) is -4.67. The highest BCUT2D eigenvalue weighted by Gasteiger charge is 2.34. The lowest BCUT2D eigenvalue weighted by Crippen LogP contribution is -2.52. The second-order valence-electron chi connectivity index (χ2n) is 3.67. The van der Waals surface area contributed by atoms with E-state index in [1.54, 1.807) is 5.32 Å². The van der Waals surface area contributed by atoms with Gasteiger partial charge in [-0.2, -0.15) is 8.42 Å². The lowest BCUT2D eigenvalue weighted by Gasteiger charge is -2.24. The standard InChI is InChI=1S/C8H15NO7.H2O4S/c1-3(11)9-8(16)7(15)6(14)5(13)4(12)2-10;1-5(2,3)4/h4-7,10,12-15H,2H2,1H3,(H,9,11,16);(H2,1,2,3,4)/t4-,5-,6+,7-;/m1./s1. The van der Waals surface area contributed by atoms with E-state index in [9.17, 15) is 19.8 Å². The average Bonchev–Trinajstić information content (AvgIpc) is 2.32. The van der Waals surface area contributed by atoms with Gasteiger partial charge in [-0.05, 0) is 0 Å². The minimum absolute atomic E-state index is 0.742. The van der Waals surface area contributed by atoms with Gasteiger partial charge >= 0.3 is 10.4 Å². The zero-order valence-electron chi connectivity index (χ0n) is 10.7. The monoisotopic (exact) mass is 335 g/mol. The van der Waals surface area contributed by atoms with Gasteiger partial charge in [0.1, 0.15) is 18.3 Å². The van der Waals surface area contributed by atoms with Crippen LogP contribution in [0.25, 0.3) is 0 Å². The zero-order chi connectivity index (χ0) is 17.4. The fraction of sp³-hybridized carbons (Fsp3) is 0.750. The zero-order valence-corrected chi connectivity index (χ0v) is 11.5. The van der Waals surface area contributed by atoms with Crippen LogP contribution in [0.4, 0.5) is 0 Å². The van der Waals surface area contributed by atoms with Crippen LogP contribution in [-0.2, 0) is 20.0 Å². The molecule has 13 heteroatoms. The number of imide groups is 1. The number of carbonyl (C=O) groups excluding carboxylic acids is 2. The number of amides is 2. The molecule has 0 aromatic rings. The first kappa shape index (κ1) is 22.1. The van der Waals surface area contributed by atoms with Crippen LogP contribution in [0.3, 0.4) is 0 Å². The maximum absolute atomic E-state index is 11.0. The van der Waals surface area contributed by atoms with E-state index < -0.39 is 53.2 Å². The summed E-state index contributed by atoms with van der Waals surface area (Å²) >= 11 is 0. The van der Waals surface area contributed by atoms with Gasteiger partial charge in [-0.25, -0.2) is 0 Å². The Bertz CT molecular complexity index is 428. The van der Waals surface area contributed by atoms with Crippen molar-refractivity contribution in [3.05, 3.63) is 0 Å². The molecule has 0 rings (SSSR count). The maximum Gasteiger partial charge on any atom is 0.394 e. The quantitative estimate of drug-likeness (QED) is 0.223. The Labute approximate surface area is 119 Å². The molecular weight excluding hydrogens is 318 g/mol. The molecule has 0 radical (unpaired) electrons. The van der Waals surface area contributed by atoms with E-state index >= 15 is 0 Å². The van der Waals surface area contributed by atoms with Crippen molar-refractivity contribution in [2.45, 2.75) is 31.3 Å². The fourth-order valence-corrected chi connectivity index (χ4v) is 0.925. The molecule has 0 aromatic carbocycles. The van der Waals surface area contributed by atoms with Gasteiger partial charge in [-0.15, -0.1) is 0 Å². The summed E-state index contributed by atoms with van der Waals surface area (Å²) in [5, 5.41) is 46.7. The van der Waals surface area contributed by atoms with Gasteiger partial charge in [-0.3, -0.25) is 24.0 Å². The number of carbonyl (C=O) groups is 2. The van der Waals surface area contributed by atoms with Gasteiger partial charge in [-0.1, -0.05) is 0 Å². The van der Waals surface area contributed by atoms with Crippen molar-refractivity contribution in [1.82, 2.24) is 5.32 Å². The van der Waals surface area contributed by atoms with Gasteiger partial charge in [0.25, 0.3) is 5.91 Å². The molecule has 0 saturated carbocycles. The molecule has 0 saturated heterocycles. The van der Waals surface area contributed by atoms with E-state index in [-0.39, 0.29) is 0 Å². The Kier molecular flexibility index (Phi) is 10.2. The number of aliphatic hydroxyl groups excluding tert-OH is 5. The van der Waals surface area contributed by atoms with E-state index in [1.807, 2.05) is 0 Å². The first-order valence-electron chi connectivity index (χ1n) is 5.15. The first-order valence-corrected chi connectivity index (χ1v) is 6.55. The number of aliphatic hydroxyl groups is 5.